The Morgan fingerprint density at radius 1 is 1.22 bits per heavy atom. The van der Waals surface area contributed by atoms with Crippen LogP contribution in [-0.4, -0.2) is 32.8 Å². The molecule has 6 heteroatoms. The van der Waals surface area contributed by atoms with Gasteiger partial charge in [0.1, 0.15) is 17.6 Å². The van der Waals surface area contributed by atoms with Gasteiger partial charge in [0, 0.05) is 24.1 Å². The molecule has 1 heterocycles. The van der Waals surface area contributed by atoms with E-state index in [-0.39, 0.29) is 12.0 Å². The number of carbonyl (C=O) groups is 1. The first-order valence-corrected chi connectivity index (χ1v) is 9.01. The Bertz CT molecular complexity index is 834. The highest BCUT2D eigenvalue weighted by molar-refractivity contribution is 5.97. The summed E-state index contributed by atoms with van der Waals surface area (Å²) in [4.78, 5) is 12.7. The van der Waals surface area contributed by atoms with Crippen molar-refractivity contribution in [2.24, 2.45) is 0 Å². The molecule has 1 amide bonds. The molecule has 0 bridgehead atoms. The lowest BCUT2D eigenvalue weighted by atomic mass is 10.1. The molecule has 1 N–H and O–H groups in total. The molecule has 1 aliphatic rings. The summed E-state index contributed by atoms with van der Waals surface area (Å²) < 4.78 is 22.2. The maximum absolute atomic E-state index is 12.7. The van der Waals surface area contributed by atoms with E-state index < -0.39 is 0 Å². The second-order valence-corrected chi connectivity index (χ2v) is 6.36. The van der Waals surface area contributed by atoms with Crippen LogP contribution in [0.15, 0.2) is 30.3 Å². The summed E-state index contributed by atoms with van der Waals surface area (Å²) >= 11 is 0. The van der Waals surface area contributed by atoms with E-state index in [0.717, 1.165) is 29.0 Å². The van der Waals surface area contributed by atoms with Crippen molar-refractivity contribution in [1.29, 1.82) is 0 Å². The van der Waals surface area contributed by atoms with Crippen molar-refractivity contribution in [3.63, 3.8) is 0 Å². The minimum absolute atomic E-state index is 0.153. The molecule has 0 fully saturated rings. The molecule has 0 aliphatic carbocycles. The average Bonchev–Trinajstić information content (AvgIpc) is 3.04. The van der Waals surface area contributed by atoms with Crippen LogP contribution >= 0.6 is 0 Å². The molecule has 0 spiro atoms. The second-order valence-electron chi connectivity index (χ2n) is 6.36. The highest BCUT2D eigenvalue weighted by Crippen LogP contribution is 2.35. The summed E-state index contributed by atoms with van der Waals surface area (Å²) in [5.41, 5.74) is 2.43. The summed E-state index contributed by atoms with van der Waals surface area (Å²) in [5, 5.41) is 2.93. The molecule has 3 rings (SSSR count). The Morgan fingerprint density at radius 2 is 2.04 bits per heavy atom. The van der Waals surface area contributed by atoms with Crippen molar-refractivity contribution >= 4 is 5.91 Å². The smallest absolute Gasteiger partial charge is 0.255 e. The second kappa shape index (κ2) is 8.20. The molecular weight excluding hydrogens is 346 g/mol. The summed E-state index contributed by atoms with van der Waals surface area (Å²) in [6, 6.07) is 9.17. The zero-order valence-corrected chi connectivity index (χ0v) is 16.1. The fourth-order valence-corrected chi connectivity index (χ4v) is 3.25. The van der Waals surface area contributed by atoms with E-state index in [4.69, 9.17) is 18.9 Å². The number of para-hydroxylation sites is 1. The molecule has 2 aromatic rings. The number of nitrogens with one attached hydrogen (secondary N) is 1. The fraction of sp³-hybridized carbons (Fsp3) is 0.381. The van der Waals surface area contributed by atoms with E-state index in [1.54, 1.807) is 25.3 Å². The molecule has 0 saturated heterocycles. The Hall–Kier alpha value is -2.89. The van der Waals surface area contributed by atoms with E-state index in [9.17, 15) is 4.79 Å². The van der Waals surface area contributed by atoms with Gasteiger partial charge in [0.05, 0.1) is 26.4 Å². The van der Waals surface area contributed by atoms with Crippen LogP contribution in [0.3, 0.4) is 0 Å². The summed E-state index contributed by atoms with van der Waals surface area (Å²) in [6.45, 7) is 4.85. The lowest BCUT2D eigenvalue weighted by molar-refractivity contribution is 0.0947. The van der Waals surface area contributed by atoms with E-state index >= 15 is 0 Å². The number of methoxy groups -OCH3 is 2. The van der Waals surface area contributed by atoms with Gasteiger partial charge in [0.25, 0.3) is 5.91 Å². The summed E-state index contributed by atoms with van der Waals surface area (Å²) in [5.74, 6) is 2.30. The highest BCUT2D eigenvalue weighted by Gasteiger charge is 2.22. The van der Waals surface area contributed by atoms with Gasteiger partial charge in [-0.25, -0.2) is 0 Å². The maximum Gasteiger partial charge on any atom is 0.255 e. The molecule has 144 valence electrons. The number of carbonyl (C=O) groups excluding carboxylic acids is 1. The SMILES string of the molecule is CCOc1cc2c(cc1CNC(=O)c1cccc(OC)c1OC)O[C@H](C)C2. The topological polar surface area (TPSA) is 66.0 Å². The van der Waals surface area contributed by atoms with E-state index in [2.05, 4.69) is 5.32 Å². The Morgan fingerprint density at radius 3 is 2.74 bits per heavy atom. The van der Waals surface area contributed by atoms with Crippen LogP contribution in [-0.2, 0) is 13.0 Å². The number of benzene rings is 2. The minimum Gasteiger partial charge on any atom is -0.494 e. The molecule has 2 aromatic carbocycles. The lowest BCUT2D eigenvalue weighted by Crippen LogP contribution is -2.24. The third kappa shape index (κ3) is 3.94. The Kier molecular flexibility index (Phi) is 5.74. The molecule has 0 unspecified atom stereocenters. The first-order valence-electron chi connectivity index (χ1n) is 9.01. The van der Waals surface area contributed by atoms with Crippen molar-refractivity contribution in [2.75, 3.05) is 20.8 Å². The molecule has 6 nitrogen and oxygen atoms in total. The third-order valence-electron chi connectivity index (χ3n) is 4.47. The first kappa shape index (κ1) is 18.9. The highest BCUT2D eigenvalue weighted by atomic mass is 16.5. The maximum atomic E-state index is 12.7. The van der Waals surface area contributed by atoms with Crippen molar-refractivity contribution < 1.29 is 23.7 Å². The van der Waals surface area contributed by atoms with Crippen LogP contribution in [0.2, 0.25) is 0 Å². The van der Waals surface area contributed by atoms with Gasteiger partial charge in [-0.2, -0.15) is 0 Å². The minimum atomic E-state index is -0.247. The van der Waals surface area contributed by atoms with Crippen molar-refractivity contribution in [1.82, 2.24) is 5.32 Å². The standard InChI is InChI=1S/C21H25NO5/c1-5-26-18-10-14-9-13(2)27-19(14)11-15(18)12-22-21(23)16-7-6-8-17(24-3)20(16)25-4/h6-8,10-11,13H,5,9,12H2,1-4H3,(H,22,23)/t13-/m1/s1. The summed E-state index contributed by atoms with van der Waals surface area (Å²) in [6.07, 6.45) is 1.02. The quantitative estimate of drug-likeness (QED) is 0.808. The van der Waals surface area contributed by atoms with Gasteiger partial charge in [-0.05, 0) is 38.1 Å². The van der Waals surface area contributed by atoms with Gasteiger partial charge < -0.3 is 24.3 Å². The molecule has 1 atom stereocenters. The summed E-state index contributed by atoms with van der Waals surface area (Å²) in [7, 11) is 3.06. The first-order chi connectivity index (χ1) is 13.1. The van der Waals surface area contributed by atoms with Crippen LogP contribution in [0.1, 0.15) is 35.3 Å². The predicted octanol–water partition coefficient (Wildman–Crippen LogP) is 3.36. The van der Waals surface area contributed by atoms with Gasteiger partial charge in [-0.15, -0.1) is 0 Å². The van der Waals surface area contributed by atoms with E-state index in [1.807, 2.05) is 26.0 Å². The largest absolute Gasteiger partial charge is 0.494 e. The van der Waals surface area contributed by atoms with Crippen LogP contribution in [0, 0.1) is 0 Å². The number of rotatable bonds is 7. The van der Waals surface area contributed by atoms with E-state index in [0.29, 0.717) is 30.2 Å². The average molecular weight is 371 g/mol. The van der Waals surface area contributed by atoms with Gasteiger partial charge in [-0.3, -0.25) is 4.79 Å². The Labute approximate surface area is 159 Å². The number of ether oxygens (including phenoxy) is 4. The molecule has 1 aliphatic heterocycles. The molecular formula is C21H25NO5. The predicted molar refractivity (Wildman–Crippen MR) is 102 cm³/mol. The Balaban J connectivity index is 1.81. The van der Waals surface area contributed by atoms with Crippen molar-refractivity contribution in [3.05, 3.63) is 47.0 Å². The molecule has 0 aromatic heterocycles. The monoisotopic (exact) mass is 371 g/mol. The third-order valence-corrected chi connectivity index (χ3v) is 4.47. The number of fused-ring (bicyclic) bond motifs is 1. The normalized spacial score (nSPS) is 14.9. The molecule has 0 radical (unpaired) electrons. The van der Waals surface area contributed by atoms with Crippen LogP contribution in [0.5, 0.6) is 23.0 Å². The molecule has 0 saturated carbocycles. The lowest BCUT2D eigenvalue weighted by Gasteiger charge is -2.15. The van der Waals surface area contributed by atoms with Gasteiger partial charge in [0.2, 0.25) is 0 Å². The van der Waals surface area contributed by atoms with Crippen molar-refractivity contribution in [2.45, 2.75) is 32.9 Å². The number of hydrogen-bond acceptors (Lipinski definition) is 5. The van der Waals surface area contributed by atoms with Gasteiger partial charge in [-0.1, -0.05) is 6.07 Å². The van der Waals surface area contributed by atoms with Crippen LogP contribution in [0.25, 0.3) is 0 Å². The van der Waals surface area contributed by atoms with Gasteiger partial charge in [0.15, 0.2) is 11.5 Å². The molecule has 27 heavy (non-hydrogen) atoms. The zero-order valence-electron chi connectivity index (χ0n) is 16.1. The fourth-order valence-electron chi connectivity index (χ4n) is 3.25. The number of amides is 1. The van der Waals surface area contributed by atoms with Crippen LogP contribution < -0.4 is 24.3 Å². The van der Waals surface area contributed by atoms with E-state index in [1.165, 1.54) is 7.11 Å². The number of hydrogen-bond donors (Lipinski definition) is 1. The van der Waals surface area contributed by atoms with Crippen LogP contribution in [0.4, 0.5) is 0 Å². The zero-order chi connectivity index (χ0) is 19.4. The van der Waals surface area contributed by atoms with Crippen molar-refractivity contribution in [3.8, 4) is 23.0 Å². The van der Waals surface area contributed by atoms with Gasteiger partial charge >= 0.3 is 0 Å².